The number of nitrogens with one attached hydrogen (secondary N) is 1. The molecule has 1 fully saturated rings. The van der Waals surface area contributed by atoms with E-state index in [4.69, 9.17) is 9.26 Å². The number of carbonyl (C=O) groups excluding carboxylic acids is 1. The lowest BCUT2D eigenvalue weighted by Gasteiger charge is -2.36. The monoisotopic (exact) mass is 503 g/mol. The van der Waals surface area contributed by atoms with Crippen LogP contribution in [0, 0.1) is 6.92 Å². The highest BCUT2D eigenvalue weighted by Crippen LogP contribution is 2.29. The first-order chi connectivity index (χ1) is 17.6. The quantitative estimate of drug-likeness (QED) is 0.436. The molecule has 5 rings (SSSR count). The zero-order valence-electron chi connectivity index (χ0n) is 22.1. The van der Waals surface area contributed by atoms with E-state index in [1.165, 1.54) is 0 Å². The summed E-state index contributed by atoms with van der Waals surface area (Å²) in [6, 6.07) is 8.26. The van der Waals surface area contributed by atoms with Crippen LogP contribution in [-0.2, 0) is 16.7 Å². The van der Waals surface area contributed by atoms with Crippen molar-refractivity contribution in [3.8, 4) is 11.3 Å². The summed E-state index contributed by atoms with van der Waals surface area (Å²) < 4.78 is 13.0. The zero-order chi connectivity index (χ0) is 26.3. The Morgan fingerprint density at radius 3 is 2.59 bits per heavy atom. The van der Waals surface area contributed by atoms with Crippen LogP contribution in [0.4, 0.5) is 5.69 Å². The van der Waals surface area contributed by atoms with E-state index in [-0.39, 0.29) is 29.4 Å². The first-order valence-electron chi connectivity index (χ1n) is 12.5. The summed E-state index contributed by atoms with van der Waals surface area (Å²) in [5, 5.41) is 11.1. The summed E-state index contributed by atoms with van der Waals surface area (Å²) in [5.74, 6) is 0.101. The number of anilines is 1. The highest BCUT2D eigenvalue weighted by atomic mass is 16.5. The maximum absolute atomic E-state index is 12.6. The molecule has 4 heterocycles. The van der Waals surface area contributed by atoms with Crippen molar-refractivity contribution >= 4 is 17.1 Å². The number of carbonyl (C=O) groups is 1. The maximum Gasteiger partial charge on any atom is 0.292 e. The highest BCUT2D eigenvalue weighted by Gasteiger charge is 2.25. The average Bonchev–Trinajstić information content (AvgIpc) is 3.50. The van der Waals surface area contributed by atoms with Gasteiger partial charge in [0.15, 0.2) is 0 Å². The third kappa shape index (κ3) is 5.20. The molecule has 0 spiro atoms. The van der Waals surface area contributed by atoms with E-state index in [9.17, 15) is 4.79 Å². The van der Waals surface area contributed by atoms with Gasteiger partial charge in [-0.2, -0.15) is 10.1 Å². The smallest absolute Gasteiger partial charge is 0.292 e. The van der Waals surface area contributed by atoms with Gasteiger partial charge in [0.2, 0.25) is 5.89 Å². The van der Waals surface area contributed by atoms with Gasteiger partial charge >= 0.3 is 0 Å². The summed E-state index contributed by atoms with van der Waals surface area (Å²) in [5.41, 5.74) is 5.61. The lowest BCUT2D eigenvalue weighted by molar-refractivity contribution is -0.00521. The van der Waals surface area contributed by atoms with Crippen LogP contribution in [0.25, 0.3) is 16.8 Å². The van der Waals surface area contributed by atoms with Crippen LogP contribution in [-0.4, -0.2) is 55.9 Å². The number of nitrogens with zero attached hydrogens (tertiary/aromatic N) is 6. The third-order valence-corrected chi connectivity index (χ3v) is 6.50. The second kappa shape index (κ2) is 9.59. The second-order valence-electron chi connectivity index (χ2n) is 10.8. The number of fused-ring (bicyclic) bond motifs is 1. The molecular formula is C27H33N7O3. The van der Waals surface area contributed by atoms with Gasteiger partial charge in [0.1, 0.15) is 6.33 Å². The molecule has 1 aliphatic heterocycles. The molecule has 2 atom stereocenters. The van der Waals surface area contributed by atoms with Crippen molar-refractivity contribution in [2.24, 2.45) is 0 Å². The molecule has 0 radical (unpaired) electrons. The Morgan fingerprint density at radius 2 is 1.92 bits per heavy atom. The zero-order valence-corrected chi connectivity index (χ0v) is 22.1. The van der Waals surface area contributed by atoms with Gasteiger partial charge in [0.05, 0.1) is 35.3 Å². The SMILES string of the molecule is Cc1cc(-c2ncnn3cc(N4CC(C)OC(C)C4)cc23)ccc1CNC(=O)c1noc(C(C)(C)C)n1. The van der Waals surface area contributed by atoms with E-state index in [2.05, 4.69) is 56.4 Å². The number of ether oxygens (including phenoxy) is 1. The summed E-state index contributed by atoms with van der Waals surface area (Å²) in [4.78, 5) is 23.7. The van der Waals surface area contributed by atoms with Crippen molar-refractivity contribution in [1.29, 1.82) is 0 Å². The number of aromatic nitrogens is 5. The molecule has 3 aromatic heterocycles. The first kappa shape index (κ1) is 24.9. The Kier molecular flexibility index (Phi) is 6.45. The Balaban J connectivity index is 1.33. The molecule has 0 saturated carbocycles. The number of amides is 1. The van der Waals surface area contributed by atoms with Gasteiger partial charge in [-0.1, -0.05) is 38.1 Å². The molecule has 4 aromatic rings. The van der Waals surface area contributed by atoms with E-state index >= 15 is 0 Å². The largest absolute Gasteiger partial charge is 0.372 e. The summed E-state index contributed by atoms with van der Waals surface area (Å²) >= 11 is 0. The topological polar surface area (TPSA) is 111 Å². The Bertz CT molecular complexity index is 1430. The summed E-state index contributed by atoms with van der Waals surface area (Å²) in [6.45, 7) is 14.1. The molecule has 10 heteroatoms. The van der Waals surface area contributed by atoms with Crippen LogP contribution in [0.3, 0.4) is 0 Å². The lowest BCUT2D eigenvalue weighted by atomic mass is 9.97. The molecule has 0 aliphatic carbocycles. The van der Waals surface area contributed by atoms with Crippen LogP contribution in [0.1, 0.15) is 62.3 Å². The minimum atomic E-state index is -0.368. The van der Waals surface area contributed by atoms with E-state index in [1.54, 1.807) is 6.33 Å². The molecule has 1 amide bonds. The number of hydrogen-bond donors (Lipinski definition) is 1. The number of rotatable bonds is 5. The minimum Gasteiger partial charge on any atom is -0.372 e. The predicted octanol–water partition coefficient (Wildman–Crippen LogP) is 3.93. The Hall–Kier alpha value is -3.79. The lowest BCUT2D eigenvalue weighted by Crippen LogP contribution is -2.45. The minimum absolute atomic E-state index is 0.0377. The van der Waals surface area contributed by atoms with E-state index < -0.39 is 0 Å². The Labute approximate surface area is 216 Å². The van der Waals surface area contributed by atoms with Crippen molar-refractivity contribution in [1.82, 2.24) is 30.1 Å². The van der Waals surface area contributed by atoms with Crippen molar-refractivity contribution in [2.75, 3.05) is 18.0 Å². The maximum atomic E-state index is 12.6. The van der Waals surface area contributed by atoms with Gasteiger partial charge in [-0.05, 0) is 44.0 Å². The third-order valence-electron chi connectivity index (χ3n) is 6.50. The second-order valence-corrected chi connectivity index (χ2v) is 10.8. The molecular weight excluding hydrogens is 470 g/mol. The highest BCUT2D eigenvalue weighted by molar-refractivity contribution is 5.90. The number of aryl methyl sites for hydroxylation is 1. The molecule has 10 nitrogen and oxygen atoms in total. The fourth-order valence-electron chi connectivity index (χ4n) is 4.62. The van der Waals surface area contributed by atoms with Gasteiger partial charge in [0, 0.05) is 30.6 Å². The summed E-state index contributed by atoms with van der Waals surface area (Å²) in [7, 11) is 0. The predicted molar refractivity (Wildman–Crippen MR) is 140 cm³/mol. The summed E-state index contributed by atoms with van der Waals surface area (Å²) in [6.07, 6.45) is 3.98. The molecule has 37 heavy (non-hydrogen) atoms. The van der Waals surface area contributed by atoms with Crippen molar-refractivity contribution < 1.29 is 14.1 Å². The van der Waals surface area contributed by atoms with E-state index in [1.807, 2.05) is 50.5 Å². The fraction of sp³-hybridized carbons (Fsp3) is 0.444. The van der Waals surface area contributed by atoms with Crippen LogP contribution in [0.2, 0.25) is 0 Å². The Morgan fingerprint density at radius 1 is 1.16 bits per heavy atom. The molecule has 0 bridgehead atoms. The van der Waals surface area contributed by atoms with Crippen molar-refractivity contribution in [3.05, 3.63) is 59.6 Å². The molecule has 1 aliphatic rings. The van der Waals surface area contributed by atoms with Crippen molar-refractivity contribution in [2.45, 2.75) is 65.7 Å². The van der Waals surface area contributed by atoms with Crippen LogP contribution in [0.15, 0.2) is 41.3 Å². The standard InChI is InChI=1S/C27H33N7O3/c1-16-9-19(7-8-20(16)11-28-25(35)24-31-26(37-32-24)27(4,5)6)23-22-10-21(14-34(22)30-15-29-23)33-12-17(2)36-18(3)13-33/h7-10,14-15,17-18H,11-13H2,1-6H3,(H,28,35). The van der Waals surface area contributed by atoms with E-state index in [0.29, 0.717) is 12.4 Å². The number of benzene rings is 1. The molecule has 1 saturated heterocycles. The normalized spacial score (nSPS) is 18.4. The van der Waals surface area contributed by atoms with Gasteiger partial charge in [-0.15, -0.1) is 0 Å². The van der Waals surface area contributed by atoms with Crippen LogP contribution in [0.5, 0.6) is 0 Å². The van der Waals surface area contributed by atoms with Gasteiger partial charge < -0.3 is 19.5 Å². The molecule has 2 unspecified atom stereocenters. The fourth-order valence-corrected chi connectivity index (χ4v) is 4.62. The number of morpholine rings is 1. The molecule has 1 N–H and O–H groups in total. The number of hydrogen-bond acceptors (Lipinski definition) is 8. The van der Waals surface area contributed by atoms with Gasteiger partial charge in [0.25, 0.3) is 11.7 Å². The van der Waals surface area contributed by atoms with Crippen LogP contribution >= 0.6 is 0 Å². The van der Waals surface area contributed by atoms with Gasteiger partial charge in [-0.3, -0.25) is 4.79 Å². The van der Waals surface area contributed by atoms with Gasteiger partial charge in [-0.25, -0.2) is 9.50 Å². The molecule has 1 aromatic carbocycles. The van der Waals surface area contributed by atoms with Crippen LogP contribution < -0.4 is 10.2 Å². The van der Waals surface area contributed by atoms with Crippen molar-refractivity contribution in [3.63, 3.8) is 0 Å². The van der Waals surface area contributed by atoms with E-state index in [0.717, 1.165) is 46.7 Å². The first-order valence-corrected chi connectivity index (χ1v) is 12.5. The molecule has 194 valence electrons. The average molecular weight is 504 g/mol.